The molecule has 0 spiro atoms. The van der Waals surface area contributed by atoms with E-state index < -0.39 is 0 Å². The summed E-state index contributed by atoms with van der Waals surface area (Å²) in [5.41, 5.74) is 3.59. The third-order valence-corrected chi connectivity index (χ3v) is 5.13. The fraction of sp³-hybridized carbons (Fsp3) is 0.105. The van der Waals surface area contributed by atoms with E-state index in [1.165, 1.54) is 0 Å². The summed E-state index contributed by atoms with van der Waals surface area (Å²) < 4.78 is 1.98. The van der Waals surface area contributed by atoms with Gasteiger partial charge in [0.15, 0.2) is 5.78 Å². The molecule has 0 aromatic heterocycles. The van der Waals surface area contributed by atoms with Gasteiger partial charge < -0.3 is 5.32 Å². The molecule has 0 amide bonds. The summed E-state index contributed by atoms with van der Waals surface area (Å²) in [5, 5.41) is 3.31. The minimum atomic E-state index is 0.107. The van der Waals surface area contributed by atoms with Crippen LogP contribution in [0.2, 0.25) is 0 Å². The molecule has 0 aliphatic carbocycles. The lowest BCUT2D eigenvalue weighted by Gasteiger charge is -2.18. The van der Waals surface area contributed by atoms with Crippen LogP contribution in [0.1, 0.15) is 11.1 Å². The molecule has 3 rings (SSSR count). The molecule has 23 heavy (non-hydrogen) atoms. The van der Waals surface area contributed by atoms with Crippen molar-refractivity contribution in [3.05, 3.63) is 79.7 Å². The molecule has 2 aromatic rings. The van der Waals surface area contributed by atoms with Crippen LogP contribution >= 0.6 is 31.9 Å². The molecule has 4 heteroatoms. The highest BCUT2D eigenvalue weighted by atomic mass is 79.9. The average Bonchev–Trinajstić information content (AvgIpc) is 2.55. The Morgan fingerprint density at radius 3 is 1.65 bits per heavy atom. The minimum absolute atomic E-state index is 0.107. The number of carbonyl (C=O) groups is 1. The Bertz CT molecular complexity index is 743. The number of carbonyl (C=O) groups excluding carboxylic acids is 1. The van der Waals surface area contributed by atoms with Gasteiger partial charge in [-0.3, -0.25) is 4.79 Å². The number of hydrogen-bond acceptors (Lipinski definition) is 2. The molecule has 1 heterocycles. The van der Waals surface area contributed by atoms with Crippen molar-refractivity contribution in [3.8, 4) is 0 Å². The van der Waals surface area contributed by atoms with E-state index >= 15 is 0 Å². The van der Waals surface area contributed by atoms with Gasteiger partial charge in [-0.15, -0.1) is 0 Å². The quantitative estimate of drug-likeness (QED) is 0.687. The molecule has 1 aliphatic rings. The molecule has 1 fully saturated rings. The molecule has 0 saturated carbocycles. The summed E-state index contributed by atoms with van der Waals surface area (Å²) >= 11 is 7.05. The highest BCUT2D eigenvalue weighted by Gasteiger charge is 2.20. The van der Waals surface area contributed by atoms with E-state index in [9.17, 15) is 4.79 Å². The minimum Gasteiger partial charge on any atom is -0.308 e. The summed E-state index contributed by atoms with van der Waals surface area (Å²) in [6, 6.07) is 15.8. The van der Waals surface area contributed by atoms with Gasteiger partial charge in [-0.25, -0.2) is 0 Å². The molecule has 116 valence electrons. The summed E-state index contributed by atoms with van der Waals surface area (Å²) in [4.78, 5) is 12.7. The largest absolute Gasteiger partial charge is 0.308 e. The van der Waals surface area contributed by atoms with Gasteiger partial charge in [-0.05, 0) is 35.4 Å². The van der Waals surface area contributed by atoms with E-state index in [0.717, 1.165) is 31.2 Å². The number of Topliss-reactive ketones (excluding diaryl/α,β-unsaturated/α-hetero) is 1. The SMILES string of the molecule is O=C1/C(=C/c2ccccc2Br)CNC/C1=C\c1ccccc1Br. The van der Waals surface area contributed by atoms with Crippen LogP contribution in [-0.4, -0.2) is 18.9 Å². The number of piperidine rings is 1. The molecule has 0 bridgehead atoms. The van der Waals surface area contributed by atoms with E-state index in [0.29, 0.717) is 13.1 Å². The van der Waals surface area contributed by atoms with Gasteiger partial charge in [0, 0.05) is 33.2 Å². The molecule has 2 nitrogen and oxygen atoms in total. The van der Waals surface area contributed by atoms with Crippen molar-refractivity contribution in [2.75, 3.05) is 13.1 Å². The maximum Gasteiger partial charge on any atom is 0.187 e. The zero-order valence-electron chi connectivity index (χ0n) is 12.4. The second kappa shape index (κ2) is 7.39. The van der Waals surface area contributed by atoms with Crippen molar-refractivity contribution in [1.29, 1.82) is 0 Å². The maximum atomic E-state index is 12.7. The first kappa shape index (κ1) is 16.4. The van der Waals surface area contributed by atoms with Gasteiger partial charge in [0.05, 0.1) is 0 Å². The highest BCUT2D eigenvalue weighted by molar-refractivity contribution is 9.10. The first-order chi connectivity index (χ1) is 11.1. The Morgan fingerprint density at radius 2 is 1.22 bits per heavy atom. The number of hydrogen-bond donors (Lipinski definition) is 1. The zero-order valence-corrected chi connectivity index (χ0v) is 15.5. The second-order valence-electron chi connectivity index (χ2n) is 5.31. The predicted octanol–water partition coefficient (Wildman–Crippen LogP) is 4.85. The molecular formula is C19H15Br2NO. The Balaban J connectivity index is 1.93. The average molecular weight is 433 g/mol. The van der Waals surface area contributed by atoms with Gasteiger partial charge in [-0.2, -0.15) is 0 Å². The van der Waals surface area contributed by atoms with Gasteiger partial charge in [0.2, 0.25) is 0 Å². The number of rotatable bonds is 2. The topological polar surface area (TPSA) is 29.1 Å². The maximum absolute atomic E-state index is 12.7. The Kier molecular flexibility index (Phi) is 5.26. The van der Waals surface area contributed by atoms with E-state index in [-0.39, 0.29) is 5.78 Å². The Hall–Kier alpha value is -1.49. The first-order valence-corrected chi connectivity index (χ1v) is 8.89. The van der Waals surface area contributed by atoms with Gasteiger partial charge in [0.25, 0.3) is 0 Å². The van der Waals surface area contributed by atoms with E-state index in [2.05, 4.69) is 37.2 Å². The van der Waals surface area contributed by atoms with Crippen molar-refractivity contribution in [2.45, 2.75) is 0 Å². The Labute approximate surface area is 152 Å². The molecule has 2 aromatic carbocycles. The van der Waals surface area contributed by atoms with Crippen molar-refractivity contribution in [2.24, 2.45) is 0 Å². The van der Waals surface area contributed by atoms with Crippen LogP contribution in [0.15, 0.2) is 68.6 Å². The zero-order chi connectivity index (χ0) is 16.2. The molecule has 1 N–H and O–H groups in total. The fourth-order valence-corrected chi connectivity index (χ4v) is 3.29. The normalized spacial score (nSPS) is 18.6. The van der Waals surface area contributed by atoms with Crippen LogP contribution in [0.3, 0.4) is 0 Å². The van der Waals surface area contributed by atoms with E-state index in [4.69, 9.17) is 0 Å². The number of halogens is 2. The molecule has 1 aliphatic heterocycles. The number of benzene rings is 2. The molecular weight excluding hydrogens is 418 g/mol. The number of nitrogens with one attached hydrogen (secondary N) is 1. The lowest BCUT2D eigenvalue weighted by atomic mass is 9.95. The van der Waals surface area contributed by atoms with Crippen molar-refractivity contribution in [1.82, 2.24) is 5.32 Å². The highest BCUT2D eigenvalue weighted by Crippen LogP contribution is 2.24. The van der Waals surface area contributed by atoms with Crippen LogP contribution in [0.5, 0.6) is 0 Å². The van der Waals surface area contributed by atoms with Crippen LogP contribution in [0.25, 0.3) is 12.2 Å². The number of ketones is 1. The summed E-state index contributed by atoms with van der Waals surface area (Å²) in [5.74, 6) is 0.107. The van der Waals surface area contributed by atoms with Gasteiger partial charge in [0.1, 0.15) is 0 Å². The predicted molar refractivity (Wildman–Crippen MR) is 102 cm³/mol. The molecule has 0 unspecified atom stereocenters. The van der Waals surface area contributed by atoms with Crippen molar-refractivity contribution in [3.63, 3.8) is 0 Å². The van der Waals surface area contributed by atoms with Gasteiger partial charge >= 0.3 is 0 Å². The Morgan fingerprint density at radius 1 is 0.783 bits per heavy atom. The van der Waals surface area contributed by atoms with Crippen LogP contribution < -0.4 is 5.32 Å². The smallest absolute Gasteiger partial charge is 0.187 e. The molecule has 1 saturated heterocycles. The third-order valence-electron chi connectivity index (χ3n) is 3.68. The summed E-state index contributed by atoms with van der Waals surface area (Å²) in [7, 11) is 0. The van der Waals surface area contributed by atoms with Crippen LogP contribution in [0, 0.1) is 0 Å². The lowest BCUT2D eigenvalue weighted by molar-refractivity contribution is -0.112. The van der Waals surface area contributed by atoms with Crippen molar-refractivity contribution < 1.29 is 4.79 Å². The summed E-state index contributed by atoms with van der Waals surface area (Å²) in [6.07, 6.45) is 3.90. The van der Waals surface area contributed by atoms with E-state index in [1.807, 2.05) is 60.7 Å². The molecule has 0 atom stereocenters. The third kappa shape index (κ3) is 3.89. The first-order valence-electron chi connectivity index (χ1n) is 7.31. The second-order valence-corrected chi connectivity index (χ2v) is 7.02. The molecule has 0 radical (unpaired) electrons. The summed E-state index contributed by atoms with van der Waals surface area (Å²) in [6.45, 7) is 1.18. The van der Waals surface area contributed by atoms with Crippen LogP contribution in [0.4, 0.5) is 0 Å². The van der Waals surface area contributed by atoms with Crippen LogP contribution in [-0.2, 0) is 4.79 Å². The van der Waals surface area contributed by atoms with E-state index in [1.54, 1.807) is 0 Å². The fourth-order valence-electron chi connectivity index (χ4n) is 2.49. The lowest BCUT2D eigenvalue weighted by Crippen LogP contribution is -2.32. The monoisotopic (exact) mass is 431 g/mol. The van der Waals surface area contributed by atoms with Crippen molar-refractivity contribution >= 4 is 49.8 Å². The van der Waals surface area contributed by atoms with Gasteiger partial charge in [-0.1, -0.05) is 68.3 Å². The standard InChI is InChI=1S/C19H15Br2NO/c20-17-7-3-1-5-13(17)9-15-11-22-12-16(19(15)23)10-14-6-2-4-8-18(14)21/h1-10,22H,11-12H2/b15-9+,16-10+.